The maximum Gasteiger partial charge on any atom is 0.0249 e. The van der Waals surface area contributed by atoms with Crippen LogP contribution in [0, 0.1) is 11.3 Å². The summed E-state index contributed by atoms with van der Waals surface area (Å²) >= 11 is 0. The van der Waals surface area contributed by atoms with Gasteiger partial charge in [-0.25, -0.2) is 0 Å². The number of nitrogens with zero attached hydrogens (tertiary/aromatic N) is 1. The van der Waals surface area contributed by atoms with Gasteiger partial charge in [-0.3, -0.25) is 4.90 Å². The molecule has 0 spiro atoms. The molecule has 2 rings (SSSR count). The predicted molar refractivity (Wildman–Crippen MR) is 78.9 cm³/mol. The first-order valence-corrected chi connectivity index (χ1v) is 7.99. The molecular formula is C16H32N2. The van der Waals surface area contributed by atoms with Crippen LogP contribution in [-0.4, -0.2) is 36.6 Å². The van der Waals surface area contributed by atoms with Gasteiger partial charge in [-0.1, -0.05) is 40.5 Å². The average Bonchev–Trinajstić information content (AvgIpc) is 2.79. The van der Waals surface area contributed by atoms with Gasteiger partial charge in [0.2, 0.25) is 0 Å². The van der Waals surface area contributed by atoms with E-state index in [1.54, 1.807) is 0 Å². The van der Waals surface area contributed by atoms with Crippen LogP contribution in [0.15, 0.2) is 0 Å². The minimum atomic E-state index is 0.483. The van der Waals surface area contributed by atoms with Crippen LogP contribution in [0.5, 0.6) is 0 Å². The fourth-order valence-electron chi connectivity index (χ4n) is 3.84. The van der Waals surface area contributed by atoms with Crippen molar-refractivity contribution in [2.45, 2.75) is 71.9 Å². The third kappa shape index (κ3) is 3.27. The fourth-order valence-corrected chi connectivity index (χ4v) is 3.84. The largest absolute Gasteiger partial charge is 0.313 e. The number of likely N-dealkylation sites (N-methyl/N-ethyl adjacent to an activating group) is 1. The zero-order chi connectivity index (χ0) is 13.2. The molecule has 0 aromatic heterocycles. The number of hydrogen-bond acceptors (Lipinski definition) is 2. The van der Waals surface area contributed by atoms with E-state index in [4.69, 9.17) is 0 Å². The first kappa shape index (κ1) is 14.3. The van der Waals surface area contributed by atoms with Crippen LogP contribution in [0.4, 0.5) is 0 Å². The summed E-state index contributed by atoms with van der Waals surface area (Å²) < 4.78 is 0. The summed E-state index contributed by atoms with van der Waals surface area (Å²) in [5, 5.41) is 3.72. The molecule has 0 aromatic rings. The van der Waals surface area contributed by atoms with Crippen molar-refractivity contribution in [2.75, 3.05) is 19.6 Å². The van der Waals surface area contributed by atoms with Crippen LogP contribution >= 0.6 is 0 Å². The Morgan fingerprint density at radius 3 is 2.44 bits per heavy atom. The minimum absolute atomic E-state index is 0.483. The van der Waals surface area contributed by atoms with E-state index in [0.29, 0.717) is 5.41 Å². The monoisotopic (exact) mass is 252 g/mol. The summed E-state index contributed by atoms with van der Waals surface area (Å²) in [7, 11) is 0. The van der Waals surface area contributed by atoms with Crippen LogP contribution in [0.1, 0.15) is 59.8 Å². The van der Waals surface area contributed by atoms with Gasteiger partial charge in [0.25, 0.3) is 0 Å². The molecule has 2 aliphatic rings. The topological polar surface area (TPSA) is 15.3 Å². The minimum Gasteiger partial charge on any atom is -0.313 e. The zero-order valence-electron chi connectivity index (χ0n) is 12.8. The summed E-state index contributed by atoms with van der Waals surface area (Å²) in [6.45, 7) is 13.2. The highest BCUT2D eigenvalue weighted by Crippen LogP contribution is 2.36. The maximum absolute atomic E-state index is 3.72. The molecule has 1 heterocycles. The van der Waals surface area contributed by atoms with Crippen LogP contribution < -0.4 is 5.32 Å². The molecule has 0 aromatic carbocycles. The molecule has 1 saturated heterocycles. The van der Waals surface area contributed by atoms with Crippen molar-refractivity contribution in [1.29, 1.82) is 0 Å². The SMILES string of the molecule is CCNC1CCCCC1N1CCC(C(C)(C)C)C1. The molecule has 106 valence electrons. The van der Waals surface area contributed by atoms with E-state index in [2.05, 4.69) is 37.9 Å². The van der Waals surface area contributed by atoms with Gasteiger partial charge < -0.3 is 5.32 Å². The Kier molecular flexibility index (Phi) is 4.71. The zero-order valence-corrected chi connectivity index (χ0v) is 12.8. The fraction of sp³-hybridized carbons (Fsp3) is 1.00. The summed E-state index contributed by atoms with van der Waals surface area (Å²) in [5.74, 6) is 0.890. The van der Waals surface area contributed by atoms with Gasteiger partial charge in [-0.05, 0) is 43.7 Å². The van der Waals surface area contributed by atoms with Gasteiger partial charge >= 0.3 is 0 Å². The molecule has 2 nitrogen and oxygen atoms in total. The molecule has 0 bridgehead atoms. The number of nitrogens with one attached hydrogen (secondary N) is 1. The second kappa shape index (κ2) is 5.92. The number of rotatable bonds is 3. The van der Waals surface area contributed by atoms with Gasteiger partial charge in [-0.2, -0.15) is 0 Å². The average molecular weight is 252 g/mol. The lowest BCUT2D eigenvalue weighted by atomic mass is 9.80. The van der Waals surface area contributed by atoms with Crippen molar-refractivity contribution >= 4 is 0 Å². The highest BCUT2D eigenvalue weighted by molar-refractivity contribution is 4.93. The lowest BCUT2D eigenvalue weighted by Crippen LogP contribution is -2.51. The van der Waals surface area contributed by atoms with E-state index in [1.165, 1.54) is 45.2 Å². The van der Waals surface area contributed by atoms with Gasteiger partial charge in [0.1, 0.15) is 0 Å². The quantitative estimate of drug-likeness (QED) is 0.829. The predicted octanol–water partition coefficient (Wildman–Crippen LogP) is 3.28. The van der Waals surface area contributed by atoms with Crippen molar-refractivity contribution in [1.82, 2.24) is 10.2 Å². The molecule has 1 saturated carbocycles. The van der Waals surface area contributed by atoms with Crippen molar-refractivity contribution in [2.24, 2.45) is 11.3 Å². The molecule has 3 unspecified atom stereocenters. The molecule has 2 fully saturated rings. The lowest BCUT2D eigenvalue weighted by Gasteiger charge is -2.39. The van der Waals surface area contributed by atoms with Crippen molar-refractivity contribution in [3.05, 3.63) is 0 Å². The Morgan fingerprint density at radius 2 is 1.83 bits per heavy atom. The van der Waals surface area contributed by atoms with E-state index >= 15 is 0 Å². The summed E-state index contributed by atoms with van der Waals surface area (Å²) in [4.78, 5) is 2.79. The number of likely N-dealkylation sites (tertiary alicyclic amines) is 1. The Labute approximate surface area is 114 Å². The van der Waals surface area contributed by atoms with Crippen LogP contribution in [0.3, 0.4) is 0 Å². The van der Waals surface area contributed by atoms with Crippen LogP contribution in [0.2, 0.25) is 0 Å². The Bertz CT molecular complexity index is 254. The molecular weight excluding hydrogens is 220 g/mol. The molecule has 18 heavy (non-hydrogen) atoms. The van der Waals surface area contributed by atoms with E-state index in [9.17, 15) is 0 Å². The first-order chi connectivity index (χ1) is 8.52. The maximum atomic E-state index is 3.72. The van der Waals surface area contributed by atoms with Crippen molar-refractivity contribution in [3.8, 4) is 0 Å². The van der Waals surface area contributed by atoms with Crippen molar-refractivity contribution in [3.63, 3.8) is 0 Å². The summed E-state index contributed by atoms with van der Waals surface area (Å²) in [6.07, 6.45) is 7.05. The third-order valence-corrected chi connectivity index (χ3v) is 5.11. The van der Waals surface area contributed by atoms with Crippen molar-refractivity contribution < 1.29 is 0 Å². The third-order valence-electron chi connectivity index (χ3n) is 5.11. The molecule has 0 radical (unpaired) electrons. The second-order valence-corrected chi connectivity index (χ2v) is 7.36. The highest BCUT2D eigenvalue weighted by Gasteiger charge is 2.37. The van der Waals surface area contributed by atoms with Gasteiger partial charge in [0.05, 0.1) is 0 Å². The molecule has 1 N–H and O–H groups in total. The smallest absolute Gasteiger partial charge is 0.0249 e. The molecule has 2 heteroatoms. The van der Waals surface area contributed by atoms with E-state index < -0.39 is 0 Å². The molecule has 3 atom stereocenters. The molecule has 0 amide bonds. The van der Waals surface area contributed by atoms with Crippen LogP contribution in [0.25, 0.3) is 0 Å². The standard InChI is InChI=1S/C16H32N2/c1-5-17-14-8-6-7-9-15(14)18-11-10-13(12-18)16(2,3)4/h13-15,17H,5-12H2,1-4H3. The van der Waals surface area contributed by atoms with E-state index in [-0.39, 0.29) is 0 Å². The van der Waals surface area contributed by atoms with Gasteiger partial charge in [0, 0.05) is 18.6 Å². The highest BCUT2D eigenvalue weighted by atomic mass is 15.2. The molecule has 1 aliphatic heterocycles. The Hall–Kier alpha value is -0.0800. The summed E-state index contributed by atoms with van der Waals surface area (Å²) in [6, 6.07) is 1.56. The second-order valence-electron chi connectivity index (χ2n) is 7.36. The van der Waals surface area contributed by atoms with Gasteiger partial charge in [0.15, 0.2) is 0 Å². The first-order valence-electron chi connectivity index (χ1n) is 7.99. The van der Waals surface area contributed by atoms with E-state index in [0.717, 1.165) is 24.5 Å². The molecule has 1 aliphatic carbocycles. The number of hydrogen-bond donors (Lipinski definition) is 1. The summed E-state index contributed by atoms with van der Waals surface area (Å²) in [5.41, 5.74) is 0.483. The lowest BCUT2D eigenvalue weighted by molar-refractivity contribution is 0.132. The Morgan fingerprint density at radius 1 is 1.11 bits per heavy atom. The van der Waals surface area contributed by atoms with Gasteiger partial charge in [-0.15, -0.1) is 0 Å². The Balaban J connectivity index is 1.94. The van der Waals surface area contributed by atoms with E-state index in [1.807, 2.05) is 0 Å². The normalized spacial score (nSPS) is 35.0. The van der Waals surface area contributed by atoms with Crippen LogP contribution in [-0.2, 0) is 0 Å².